The van der Waals surface area contributed by atoms with Gasteiger partial charge in [0.25, 0.3) is 5.56 Å². The van der Waals surface area contributed by atoms with Crippen molar-refractivity contribution in [2.75, 3.05) is 26.2 Å². The third-order valence-electron chi connectivity index (χ3n) is 6.45. The van der Waals surface area contributed by atoms with Gasteiger partial charge in [0.1, 0.15) is 5.82 Å². The van der Waals surface area contributed by atoms with E-state index in [1.54, 1.807) is 7.05 Å². The summed E-state index contributed by atoms with van der Waals surface area (Å²) < 4.78 is 3.28. The molecule has 2 aromatic heterocycles. The van der Waals surface area contributed by atoms with Crippen molar-refractivity contribution in [2.45, 2.75) is 19.6 Å². The number of nitrogens with zero attached hydrogens (tertiary/aromatic N) is 5. The van der Waals surface area contributed by atoms with Crippen molar-refractivity contribution in [1.82, 2.24) is 28.9 Å². The topological polar surface area (TPSA) is 79.2 Å². The van der Waals surface area contributed by atoms with Gasteiger partial charge in [0, 0.05) is 44.8 Å². The first-order valence-electron chi connectivity index (χ1n) is 11.4. The van der Waals surface area contributed by atoms with Crippen molar-refractivity contribution < 1.29 is 0 Å². The fraction of sp³-hybridized carbons (Fsp3) is 0.320. The summed E-state index contributed by atoms with van der Waals surface area (Å²) in [6.07, 6.45) is 0. The first-order valence-corrected chi connectivity index (χ1v) is 11.8. The molecule has 176 valence electrons. The number of hydrogen-bond acceptors (Lipinski definition) is 5. The first kappa shape index (κ1) is 22.6. The molecule has 1 N–H and O–H groups in total. The van der Waals surface area contributed by atoms with Gasteiger partial charge in [-0.15, -0.1) is 0 Å². The van der Waals surface area contributed by atoms with Gasteiger partial charge in [-0.1, -0.05) is 60.1 Å². The molecular weight excluding hydrogens is 452 g/mol. The molecule has 0 aliphatic carbocycles. The lowest BCUT2D eigenvalue weighted by atomic mass is 10.2. The Bertz CT molecular complexity index is 1420. The van der Waals surface area contributed by atoms with Crippen molar-refractivity contribution in [3.05, 3.63) is 97.4 Å². The van der Waals surface area contributed by atoms with Crippen LogP contribution >= 0.6 is 11.6 Å². The number of aryl methyl sites for hydroxylation is 1. The van der Waals surface area contributed by atoms with Crippen LogP contribution < -0.4 is 11.2 Å². The van der Waals surface area contributed by atoms with E-state index in [1.165, 1.54) is 10.1 Å². The van der Waals surface area contributed by atoms with Gasteiger partial charge >= 0.3 is 5.69 Å². The second-order valence-corrected chi connectivity index (χ2v) is 9.14. The monoisotopic (exact) mass is 478 g/mol. The molecule has 0 amide bonds. The summed E-state index contributed by atoms with van der Waals surface area (Å²) in [5.74, 6) is 0.748. The number of benzene rings is 2. The Morgan fingerprint density at radius 3 is 2.24 bits per heavy atom. The van der Waals surface area contributed by atoms with Gasteiger partial charge in [-0.25, -0.2) is 9.78 Å². The van der Waals surface area contributed by atoms with E-state index in [-0.39, 0.29) is 0 Å². The van der Waals surface area contributed by atoms with Gasteiger partial charge < -0.3 is 4.57 Å². The van der Waals surface area contributed by atoms with Gasteiger partial charge in [0.05, 0.1) is 13.1 Å². The number of piperazine rings is 1. The van der Waals surface area contributed by atoms with Gasteiger partial charge in [-0.05, 0) is 17.2 Å². The van der Waals surface area contributed by atoms with Crippen LogP contribution in [0.15, 0.2) is 64.2 Å². The summed E-state index contributed by atoms with van der Waals surface area (Å²) in [5.41, 5.74) is 2.08. The average molecular weight is 479 g/mol. The number of hydrogen-bond donors (Lipinski definition) is 1. The van der Waals surface area contributed by atoms with Gasteiger partial charge in [0.15, 0.2) is 11.2 Å². The summed E-state index contributed by atoms with van der Waals surface area (Å²) in [6.45, 7) is 5.65. The zero-order chi connectivity index (χ0) is 23.7. The Morgan fingerprint density at radius 2 is 1.53 bits per heavy atom. The van der Waals surface area contributed by atoms with Crippen LogP contribution in [0.5, 0.6) is 0 Å². The van der Waals surface area contributed by atoms with Crippen molar-refractivity contribution in [1.29, 1.82) is 0 Å². The lowest BCUT2D eigenvalue weighted by Gasteiger charge is -2.34. The molecular formula is C25H27ClN6O2. The largest absolute Gasteiger partial charge is 0.329 e. The van der Waals surface area contributed by atoms with E-state index in [0.29, 0.717) is 29.3 Å². The zero-order valence-electron chi connectivity index (χ0n) is 19.1. The highest BCUT2D eigenvalue weighted by Gasteiger charge is 2.22. The Hall–Kier alpha value is -3.20. The molecule has 1 fully saturated rings. The molecule has 3 heterocycles. The second kappa shape index (κ2) is 9.58. The van der Waals surface area contributed by atoms with E-state index >= 15 is 0 Å². The molecule has 1 aliphatic rings. The quantitative estimate of drug-likeness (QED) is 0.460. The Kier molecular flexibility index (Phi) is 6.36. The molecule has 1 aliphatic heterocycles. The maximum absolute atomic E-state index is 12.8. The van der Waals surface area contributed by atoms with Crippen LogP contribution in [0.25, 0.3) is 11.2 Å². The molecule has 5 rings (SSSR count). The number of fused-ring (bicyclic) bond motifs is 1. The Labute approximate surface area is 202 Å². The molecule has 4 aromatic rings. The second-order valence-electron chi connectivity index (χ2n) is 8.73. The summed E-state index contributed by atoms with van der Waals surface area (Å²) in [6, 6.07) is 18.1. The molecule has 1 saturated heterocycles. The molecule has 2 aromatic carbocycles. The number of nitrogens with one attached hydrogen (secondary N) is 1. The lowest BCUT2D eigenvalue weighted by molar-refractivity contribution is 0.119. The number of imidazole rings is 1. The van der Waals surface area contributed by atoms with E-state index in [1.807, 2.05) is 34.9 Å². The van der Waals surface area contributed by atoms with E-state index in [2.05, 4.69) is 39.0 Å². The predicted octanol–water partition coefficient (Wildman–Crippen LogP) is 2.44. The third-order valence-corrected chi connectivity index (χ3v) is 6.82. The molecule has 8 nitrogen and oxygen atoms in total. The Morgan fingerprint density at radius 1 is 0.882 bits per heavy atom. The third kappa shape index (κ3) is 4.57. The maximum Gasteiger partial charge on any atom is 0.329 e. The maximum atomic E-state index is 12.8. The van der Waals surface area contributed by atoms with Crippen LogP contribution in [0.3, 0.4) is 0 Å². The van der Waals surface area contributed by atoms with Crippen LogP contribution in [0, 0.1) is 0 Å². The van der Waals surface area contributed by atoms with Crippen molar-refractivity contribution in [3.8, 4) is 0 Å². The molecule has 0 radical (unpaired) electrons. The molecule has 0 atom stereocenters. The van der Waals surface area contributed by atoms with Crippen molar-refractivity contribution in [2.24, 2.45) is 7.05 Å². The zero-order valence-corrected chi connectivity index (χ0v) is 19.8. The number of rotatable bonds is 6. The number of halogens is 1. The van der Waals surface area contributed by atoms with Crippen LogP contribution in [0.1, 0.15) is 17.0 Å². The molecule has 0 bridgehead atoms. The average Bonchev–Trinajstić information content (AvgIpc) is 3.19. The van der Waals surface area contributed by atoms with Gasteiger partial charge in [0.2, 0.25) is 0 Å². The molecule has 0 unspecified atom stereocenters. The predicted molar refractivity (Wildman–Crippen MR) is 133 cm³/mol. The van der Waals surface area contributed by atoms with E-state index < -0.39 is 11.2 Å². The van der Waals surface area contributed by atoms with E-state index in [9.17, 15) is 9.59 Å². The molecule has 9 heteroatoms. The van der Waals surface area contributed by atoms with Gasteiger partial charge in [-0.2, -0.15) is 0 Å². The van der Waals surface area contributed by atoms with Crippen LogP contribution in [-0.2, 0) is 26.7 Å². The highest BCUT2D eigenvalue weighted by Crippen LogP contribution is 2.21. The van der Waals surface area contributed by atoms with Gasteiger partial charge in [-0.3, -0.25) is 24.1 Å². The Balaban J connectivity index is 1.41. The summed E-state index contributed by atoms with van der Waals surface area (Å²) >= 11 is 6.42. The fourth-order valence-corrected chi connectivity index (χ4v) is 4.71. The normalized spacial score (nSPS) is 15.2. The van der Waals surface area contributed by atoms with Crippen molar-refractivity contribution >= 4 is 22.8 Å². The highest BCUT2D eigenvalue weighted by atomic mass is 35.5. The summed E-state index contributed by atoms with van der Waals surface area (Å²) in [4.78, 5) is 36.9. The lowest BCUT2D eigenvalue weighted by Crippen LogP contribution is -2.45. The number of H-pyrrole nitrogens is 1. The SMILES string of the molecule is Cn1c(=O)[nH]c(=O)c2c1nc(CN1CCN(Cc3ccccc3)CC1)n2Cc1ccccc1Cl. The van der Waals surface area contributed by atoms with E-state index in [0.717, 1.165) is 44.1 Å². The van der Waals surface area contributed by atoms with Crippen LogP contribution in [0.4, 0.5) is 0 Å². The van der Waals surface area contributed by atoms with Crippen molar-refractivity contribution in [3.63, 3.8) is 0 Å². The fourth-order valence-electron chi connectivity index (χ4n) is 4.51. The van der Waals surface area contributed by atoms with Crippen LogP contribution in [-0.4, -0.2) is 55.1 Å². The molecule has 0 spiro atoms. The molecule has 0 saturated carbocycles. The summed E-state index contributed by atoms with van der Waals surface area (Å²) in [7, 11) is 1.62. The number of aromatic amines is 1. The molecule has 34 heavy (non-hydrogen) atoms. The first-order chi connectivity index (χ1) is 16.5. The minimum absolute atomic E-state index is 0.388. The smallest absolute Gasteiger partial charge is 0.316 e. The highest BCUT2D eigenvalue weighted by molar-refractivity contribution is 6.31. The standard InChI is InChI=1S/C25H27ClN6O2/c1-29-23-22(24(33)28-25(29)34)32(16-19-9-5-6-10-20(19)26)21(27-23)17-31-13-11-30(12-14-31)15-18-7-3-2-4-8-18/h2-10H,11-17H2,1H3,(H,28,33,34). The minimum atomic E-state index is -0.471. The van der Waals surface area contributed by atoms with E-state index in [4.69, 9.17) is 16.6 Å². The summed E-state index contributed by atoms with van der Waals surface area (Å²) in [5, 5.41) is 0.631. The number of aromatic nitrogens is 4. The minimum Gasteiger partial charge on any atom is -0.316 e. The van der Waals surface area contributed by atoms with Crippen LogP contribution in [0.2, 0.25) is 5.02 Å².